The van der Waals surface area contributed by atoms with E-state index in [4.69, 9.17) is 14.6 Å². The van der Waals surface area contributed by atoms with Gasteiger partial charge in [0.25, 0.3) is 5.91 Å². The van der Waals surface area contributed by atoms with Crippen LogP contribution in [0.15, 0.2) is 30.5 Å². The van der Waals surface area contributed by atoms with Crippen LogP contribution in [0, 0.1) is 5.41 Å². The summed E-state index contributed by atoms with van der Waals surface area (Å²) >= 11 is 0. The van der Waals surface area contributed by atoms with Gasteiger partial charge in [-0.15, -0.1) is 0 Å². The molecule has 0 radical (unpaired) electrons. The van der Waals surface area contributed by atoms with Gasteiger partial charge in [0, 0.05) is 32.0 Å². The van der Waals surface area contributed by atoms with Gasteiger partial charge in [-0.2, -0.15) is 13.2 Å². The van der Waals surface area contributed by atoms with Gasteiger partial charge in [-0.05, 0) is 30.4 Å². The Labute approximate surface area is 184 Å². The molecule has 1 aromatic rings. The van der Waals surface area contributed by atoms with Crippen LogP contribution in [0.4, 0.5) is 24.7 Å². The SMILES string of the molecule is C=C(CCOC(C)=O)C(=O)Nc1ccc(N2CCC(C)(C)CC2)nc1.O=C(O)C(F)(F)F. The van der Waals surface area contributed by atoms with Crippen LogP contribution >= 0.6 is 0 Å². The highest BCUT2D eigenvalue weighted by Gasteiger charge is 2.38. The summed E-state index contributed by atoms with van der Waals surface area (Å²) < 4.78 is 36.5. The third kappa shape index (κ3) is 9.80. The Morgan fingerprint density at radius 1 is 1.25 bits per heavy atom. The summed E-state index contributed by atoms with van der Waals surface area (Å²) in [6.07, 6.45) is -0.822. The first-order valence-corrected chi connectivity index (χ1v) is 9.85. The molecule has 1 aromatic heterocycles. The molecule has 1 amide bonds. The number of rotatable bonds is 6. The lowest BCUT2D eigenvalue weighted by molar-refractivity contribution is -0.192. The molecule has 0 aromatic carbocycles. The molecule has 2 heterocycles. The monoisotopic (exact) mass is 459 g/mol. The van der Waals surface area contributed by atoms with Crippen molar-refractivity contribution in [2.45, 2.75) is 46.2 Å². The second-order valence-electron chi connectivity index (χ2n) is 8.01. The van der Waals surface area contributed by atoms with Crippen molar-refractivity contribution in [3.8, 4) is 0 Å². The van der Waals surface area contributed by atoms with Gasteiger partial charge in [0.05, 0.1) is 18.5 Å². The van der Waals surface area contributed by atoms with E-state index in [0.717, 1.165) is 31.7 Å². The Morgan fingerprint density at radius 3 is 2.25 bits per heavy atom. The van der Waals surface area contributed by atoms with Gasteiger partial charge in [0.2, 0.25) is 0 Å². The topological polar surface area (TPSA) is 109 Å². The Morgan fingerprint density at radius 2 is 1.81 bits per heavy atom. The molecular weight excluding hydrogens is 431 g/mol. The van der Waals surface area contributed by atoms with E-state index >= 15 is 0 Å². The van der Waals surface area contributed by atoms with Crippen LogP contribution in [-0.4, -0.2) is 53.8 Å². The number of carboxylic acids is 1. The van der Waals surface area contributed by atoms with Crippen LogP contribution in [0.25, 0.3) is 0 Å². The van der Waals surface area contributed by atoms with Gasteiger partial charge in [0.1, 0.15) is 5.82 Å². The van der Waals surface area contributed by atoms with Crippen molar-refractivity contribution < 1.29 is 37.4 Å². The van der Waals surface area contributed by atoms with Crippen molar-refractivity contribution in [2.24, 2.45) is 5.41 Å². The number of anilines is 2. The minimum absolute atomic E-state index is 0.157. The maximum absolute atomic E-state index is 12.1. The zero-order chi connectivity index (χ0) is 24.5. The number of halogens is 3. The fourth-order valence-corrected chi connectivity index (χ4v) is 2.64. The third-order valence-corrected chi connectivity index (χ3v) is 4.72. The van der Waals surface area contributed by atoms with Crippen LogP contribution < -0.4 is 10.2 Å². The van der Waals surface area contributed by atoms with Crippen LogP contribution in [-0.2, 0) is 19.1 Å². The molecule has 2 rings (SSSR count). The number of aromatic nitrogens is 1. The average Bonchev–Trinajstić information content (AvgIpc) is 2.68. The molecule has 1 aliphatic rings. The number of hydrogen-bond acceptors (Lipinski definition) is 6. The second kappa shape index (κ2) is 11.5. The Balaban J connectivity index is 0.000000633. The largest absolute Gasteiger partial charge is 0.490 e. The van der Waals surface area contributed by atoms with Gasteiger partial charge in [-0.3, -0.25) is 9.59 Å². The molecule has 1 saturated heterocycles. The molecule has 1 aliphatic heterocycles. The first kappa shape index (κ1) is 26.9. The molecule has 8 nitrogen and oxygen atoms in total. The number of piperidine rings is 1. The van der Waals surface area contributed by atoms with E-state index in [1.807, 2.05) is 12.1 Å². The van der Waals surface area contributed by atoms with E-state index in [9.17, 15) is 22.8 Å². The zero-order valence-corrected chi connectivity index (χ0v) is 18.3. The normalized spacial score (nSPS) is 15.1. The molecule has 0 spiro atoms. The Bertz CT molecular complexity index is 813. The van der Waals surface area contributed by atoms with Gasteiger partial charge >= 0.3 is 18.1 Å². The number of nitrogens with zero attached hydrogens (tertiary/aromatic N) is 2. The number of carbonyl (C=O) groups excluding carboxylic acids is 2. The molecule has 0 aliphatic carbocycles. The predicted molar refractivity (Wildman–Crippen MR) is 112 cm³/mol. The molecule has 0 atom stereocenters. The summed E-state index contributed by atoms with van der Waals surface area (Å²) in [5, 5.41) is 9.89. The summed E-state index contributed by atoms with van der Waals surface area (Å²) in [6, 6.07) is 3.77. The van der Waals surface area contributed by atoms with Crippen LogP contribution in [0.2, 0.25) is 0 Å². The van der Waals surface area contributed by atoms with Crippen molar-refractivity contribution in [3.05, 3.63) is 30.5 Å². The minimum Gasteiger partial charge on any atom is -0.475 e. The van der Waals surface area contributed by atoms with E-state index < -0.39 is 12.1 Å². The minimum atomic E-state index is -5.08. The maximum atomic E-state index is 12.1. The quantitative estimate of drug-likeness (QED) is 0.492. The summed E-state index contributed by atoms with van der Waals surface area (Å²) in [5.74, 6) is -2.48. The number of aliphatic carboxylic acids is 1. The van der Waals surface area contributed by atoms with Crippen LogP contribution in [0.3, 0.4) is 0 Å². The average molecular weight is 459 g/mol. The van der Waals surface area contributed by atoms with Crippen LogP contribution in [0.1, 0.15) is 40.0 Å². The fourth-order valence-electron chi connectivity index (χ4n) is 2.64. The number of nitrogens with one attached hydrogen (secondary N) is 1. The van der Waals surface area contributed by atoms with Gasteiger partial charge < -0.3 is 20.1 Å². The number of esters is 1. The highest BCUT2D eigenvalue weighted by molar-refractivity contribution is 6.03. The Kier molecular flexibility index (Phi) is 9.67. The van der Waals surface area contributed by atoms with E-state index in [-0.39, 0.29) is 18.5 Å². The summed E-state index contributed by atoms with van der Waals surface area (Å²) in [7, 11) is 0. The molecule has 0 bridgehead atoms. The molecule has 0 saturated carbocycles. The fraction of sp³-hybridized carbons (Fsp3) is 0.524. The van der Waals surface area contributed by atoms with Crippen molar-refractivity contribution in [1.29, 1.82) is 0 Å². The smallest absolute Gasteiger partial charge is 0.475 e. The van der Waals surface area contributed by atoms with Gasteiger partial charge in [-0.1, -0.05) is 20.4 Å². The molecule has 32 heavy (non-hydrogen) atoms. The molecule has 178 valence electrons. The number of carbonyl (C=O) groups is 3. The van der Waals surface area contributed by atoms with E-state index in [0.29, 0.717) is 23.1 Å². The highest BCUT2D eigenvalue weighted by Crippen LogP contribution is 2.31. The number of ether oxygens (including phenoxy) is 1. The molecule has 11 heteroatoms. The number of pyridine rings is 1. The number of amides is 1. The lowest BCUT2D eigenvalue weighted by Gasteiger charge is -2.37. The number of carboxylic acid groups (broad SMARTS) is 1. The first-order chi connectivity index (χ1) is 14.7. The molecular formula is C21H28F3N3O5. The molecule has 0 unspecified atom stereocenters. The lowest BCUT2D eigenvalue weighted by atomic mass is 9.83. The van der Waals surface area contributed by atoms with E-state index in [1.54, 1.807) is 6.20 Å². The van der Waals surface area contributed by atoms with Crippen molar-refractivity contribution in [1.82, 2.24) is 4.98 Å². The maximum Gasteiger partial charge on any atom is 0.490 e. The standard InChI is InChI=1S/C19H27N3O3.C2HF3O2/c1-14(7-12-25-15(2)23)18(24)21-16-5-6-17(20-13-16)22-10-8-19(3,4)9-11-22;3-2(4,5)1(6)7/h5-6,13H,1,7-12H2,2-4H3,(H,21,24);(H,6,7). The van der Waals surface area contributed by atoms with Crippen LogP contribution in [0.5, 0.6) is 0 Å². The summed E-state index contributed by atoms with van der Waals surface area (Å²) in [5.41, 5.74) is 1.39. The zero-order valence-electron chi connectivity index (χ0n) is 18.3. The van der Waals surface area contributed by atoms with Crippen molar-refractivity contribution >= 4 is 29.4 Å². The van der Waals surface area contributed by atoms with E-state index in [2.05, 4.69) is 35.6 Å². The van der Waals surface area contributed by atoms with Gasteiger partial charge in [0.15, 0.2) is 0 Å². The first-order valence-electron chi connectivity index (χ1n) is 9.85. The second-order valence-corrected chi connectivity index (χ2v) is 8.01. The lowest BCUT2D eigenvalue weighted by Crippen LogP contribution is -2.37. The van der Waals surface area contributed by atoms with Crippen molar-refractivity contribution in [3.63, 3.8) is 0 Å². The number of alkyl halides is 3. The molecule has 1 fully saturated rings. The van der Waals surface area contributed by atoms with Gasteiger partial charge in [-0.25, -0.2) is 9.78 Å². The highest BCUT2D eigenvalue weighted by atomic mass is 19.4. The number of hydrogen-bond donors (Lipinski definition) is 2. The summed E-state index contributed by atoms with van der Waals surface area (Å²) in [6.45, 7) is 11.8. The van der Waals surface area contributed by atoms with Crippen molar-refractivity contribution in [2.75, 3.05) is 29.9 Å². The third-order valence-electron chi connectivity index (χ3n) is 4.72. The molecule has 2 N–H and O–H groups in total. The Hall–Kier alpha value is -3.11. The predicted octanol–water partition coefficient (Wildman–Crippen LogP) is 3.79. The summed E-state index contributed by atoms with van der Waals surface area (Å²) in [4.78, 5) is 38.4. The van der Waals surface area contributed by atoms with E-state index in [1.165, 1.54) is 6.92 Å².